The number of nitrogens with two attached hydrogens (primary N) is 1. The van der Waals surface area contributed by atoms with E-state index in [9.17, 15) is 15.2 Å². The number of nitrogen functional groups attached to an aromatic ring is 1. The number of likely N-dealkylation sites (tertiary alicyclic amines) is 1. The molecule has 20 heavy (non-hydrogen) atoms. The minimum Gasteiger partial charge on any atom is -0.392 e. The number of hydrogen-bond acceptors (Lipinski definition) is 6. The molecule has 1 aliphatic rings. The number of hydrazine groups is 1. The van der Waals surface area contributed by atoms with Crippen LogP contribution in [0.15, 0.2) is 18.2 Å². The molecule has 110 valence electrons. The van der Waals surface area contributed by atoms with Crippen LogP contribution in [0.3, 0.4) is 0 Å². The van der Waals surface area contributed by atoms with E-state index in [-0.39, 0.29) is 11.8 Å². The molecule has 1 aliphatic heterocycles. The summed E-state index contributed by atoms with van der Waals surface area (Å²) in [7, 11) is 0. The average Bonchev–Trinajstić information content (AvgIpc) is 2.42. The number of hydrogen-bond donors (Lipinski definition) is 3. The van der Waals surface area contributed by atoms with Gasteiger partial charge in [-0.05, 0) is 24.4 Å². The maximum Gasteiger partial charge on any atom is 0.293 e. The summed E-state index contributed by atoms with van der Waals surface area (Å²) in [5, 5.41) is 20.9. The highest BCUT2D eigenvalue weighted by atomic mass is 16.6. The second kappa shape index (κ2) is 6.17. The van der Waals surface area contributed by atoms with Gasteiger partial charge in [-0.2, -0.15) is 0 Å². The van der Waals surface area contributed by atoms with Gasteiger partial charge in [0, 0.05) is 19.2 Å². The molecule has 4 N–H and O–H groups in total. The van der Waals surface area contributed by atoms with E-state index in [1.807, 2.05) is 13.0 Å². The summed E-state index contributed by atoms with van der Waals surface area (Å²) < 4.78 is 0. The number of nitro benzene ring substituents is 1. The van der Waals surface area contributed by atoms with Gasteiger partial charge in [0.2, 0.25) is 0 Å². The number of para-hydroxylation sites is 1. The number of aliphatic hydroxyl groups excluding tert-OH is 1. The van der Waals surface area contributed by atoms with Crippen molar-refractivity contribution in [1.29, 1.82) is 0 Å². The van der Waals surface area contributed by atoms with E-state index in [1.165, 1.54) is 6.07 Å². The fraction of sp³-hybridized carbons (Fsp3) is 0.538. The topological polar surface area (TPSA) is 105 Å². The first-order valence-electron chi connectivity index (χ1n) is 6.66. The van der Waals surface area contributed by atoms with Gasteiger partial charge in [-0.1, -0.05) is 19.1 Å². The van der Waals surface area contributed by atoms with Gasteiger partial charge in [-0.25, -0.2) is 0 Å². The van der Waals surface area contributed by atoms with E-state index in [1.54, 1.807) is 6.07 Å². The Morgan fingerprint density at radius 2 is 2.35 bits per heavy atom. The lowest BCUT2D eigenvalue weighted by atomic mass is 9.95. The Labute approximate surface area is 117 Å². The van der Waals surface area contributed by atoms with Crippen LogP contribution in [0.4, 0.5) is 11.4 Å². The zero-order chi connectivity index (χ0) is 14.7. The van der Waals surface area contributed by atoms with Crippen molar-refractivity contribution < 1.29 is 10.0 Å². The monoisotopic (exact) mass is 280 g/mol. The first-order valence-corrected chi connectivity index (χ1v) is 6.66. The van der Waals surface area contributed by atoms with Crippen LogP contribution in [0.5, 0.6) is 0 Å². The summed E-state index contributed by atoms with van der Waals surface area (Å²) >= 11 is 0. The second-order valence-corrected chi connectivity index (χ2v) is 5.28. The SMILES string of the molecule is CC1CCN(Cc2cccc([N+](=O)[O-])c2NN)CC1O. The molecule has 2 atom stereocenters. The summed E-state index contributed by atoms with van der Waals surface area (Å²) in [5.41, 5.74) is 3.50. The highest BCUT2D eigenvalue weighted by Crippen LogP contribution is 2.29. The number of aliphatic hydroxyl groups is 1. The molecule has 0 aromatic heterocycles. The molecule has 7 heteroatoms. The molecule has 0 bridgehead atoms. The minimum absolute atomic E-state index is 0.0316. The van der Waals surface area contributed by atoms with Crippen LogP contribution in [0.25, 0.3) is 0 Å². The zero-order valence-corrected chi connectivity index (χ0v) is 11.5. The Balaban J connectivity index is 2.17. The molecule has 1 heterocycles. The molecular weight excluding hydrogens is 260 g/mol. The number of rotatable bonds is 4. The Bertz CT molecular complexity index is 495. The molecule has 2 rings (SSSR count). The van der Waals surface area contributed by atoms with Crippen molar-refractivity contribution >= 4 is 11.4 Å². The fourth-order valence-electron chi connectivity index (χ4n) is 2.54. The number of nitro groups is 1. The minimum atomic E-state index is -0.453. The molecule has 1 aromatic carbocycles. The number of β-amino-alcohol motifs (C(OH)–C–C–N with tert-alkyl or cyclic N) is 1. The summed E-state index contributed by atoms with van der Waals surface area (Å²) in [6, 6.07) is 4.88. The van der Waals surface area contributed by atoms with Crippen LogP contribution >= 0.6 is 0 Å². The fourth-order valence-corrected chi connectivity index (χ4v) is 2.54. The second-order valence-electron chi connectivity index (χ2n) is 5.28. The van der Waals surface area contributed by atoms with Crippen molar-refractivity contribution in [1.82, 2.24) is 4.90 Å². The highest BCUT2D eigenvalue weighted by Gasteiger charge is 2.25. The average molecular weight is 280 g/mol. The summed E-state index contributed by atoms with van der Waals surface area (Å²) in [5.74, 6) is 5.72. The number of piperidine rings is 1. The highest BCUT2D eigenvalue weighted by molar-refractivity contribution is 5.65. The molecule has 0 aliphatic carbocycles. The molecule has 0 amide bonds. The lowest BCUT2D eigenvalue weighted by Gasteiger charge is -2.34. The van der Waals surface area contributed by atoms with Gasteiger partial charge in [0.15, 0.2) is 0 Å². The van der Waals surface area contributed by atoms with Crippen molar-refractivity contribution in [3.8, 4) is 0 Å². The summed E-state index contributed by atoms with van der Waals surface area (Å²) in [6.07, 6.45) is 0.568. The van der Waals surface area contributed by atoms with Crippen LogP contribution in [-0.4, -0.2) is 34.1 Å². The van der Waals surface area contributed by atoms with Crippen LogP contribution in [0.1, 0.15) is 18.9 Å². The van der Waals surface area contributed by atoms with E-state index in [0.29, 0.717) is 24.7 Å². The van der Waals surface area contributed by atoms with E-state index in [4.69, 9.17) is 5.84 Å². The van der Waals surface area contributed by atoms with E-state index in [2.05, 4.69) is 10.3 Å². The standard InChI is InChI=1S/C13H20N4O3/c1-9-5-6-16(8-12(9)18)7-10-3-2-4-11(17(19)20)13(10)15-14/h2-4,9,12,15,18H,5-8,14H2,1H3. The van der Waals surface area contributed by atoms with Gasteiger partial charge in [0.05, 0.1) is 11.0 Å². The van der Waals surface area contributed by atoms with Gasteiger partial charge >= 0.3 is 0 Å². The van der Waals surface area contributed by atoms with Gasteiger partial charge in [0.1, 0.15) is 5.69 Å². The molecule has 7 nitrogen and oxygen atoms in total. The third-order valence-electron chi connectivity index (χ3n) is 3.87. The van der Waals surface area contributed by atoms with Crippen molar-refractivity contribution in [3.63, 3.8) is 0 Å². The summed E-state index contributed by atoms with van der Waals surface area (Å²) in [4.78, 5) is 12.6. The molecule has 0 radical (unpaired) electrons. The first kappa shape index (κ1) is 14.7. The van der Waals surface area contributed by atoms with Gasteiger partial charge in [-0.15, -0.1) is 0 Å². The molecule has 1 aromatic rings. The quantitative estimate of drug-likeness (QED) is 0.433. The van der Waals surface area contributed by atoms with Crippen molar-refractivity contribution in [2.24, 2.45) is 11.8 Å². The predicted octanol–water partition coefficient (Wildman–Crippen LogP) is 1.08. The number of anilines is 1. The Morgan fingerprint density at radius 1 is 1.60 bits per heavy atom. The van der Waals surface area contributed by atoms with Gasteiger partial charge in [0.25, 0.3) is 5.69 Å². The third-order valence-corrected chi connectivity index (χ3v) is 3.87. The van der Waals surface area contributed by atoms with Crippen LogP contribution < -0.4 is 11.3 Å². The van der Waals surface area contributed by atoms with Crippen molar-refractivity contribution in [3.05, 3.63) is 33.9 Å². The first-order chi connectivity index (χ1) is 9.52. The van der Waals surface area contributed by atoms with E-state index < -0.39 is 4.92 Å². The maximum atomic E-state index is 11.0. The van der Waals surface area contributed by atoms with Gasteiger partial charge in [-0.3, -0.25) is 20.9 Å². The normalized spacial score (nSPS) is 23.6. The molecule has 1 saturated heterocycles. The molecular formula is C13H20N4O3. The number of benzene rings is 1. The third kappa shape index (κ3) is 3.06. The van der Waals surface area contributed by atoms with E-state index >= 15 is 0 Å². The van der Waals surface area contributed by atoms with Gasteiger partial charge < -0.3 is 10.5 Å². The number of nitrogens with zero attached hydrogens (tertiary/aromatic N) is 2. The summed E-state index contributed by atoms with van der Waals surface area (Å²) in [6.45, 7) is 4.01. The van der Waals surface area contributed by atoms with Crippen molar-refractivity contribution in [2.75, 3.05) is 18.5 Å². The lowest BCUT2D eigenvalue weighted by molar-refractivity contribution is -0.384. The molecule has 2 unspecified atom stereocenters. The van der Waals surface area contributed by atoms with Crippen LogP contribution in [0, 0.1) is 16.0 Å². The maximum absolute atomic E-state index is 11.0. The zero-order valence-electron chi connectivity index (χ0n) is 11.5. The Kier molecular flexibility index (Phi) is 4.53. The molecule has 0 spiro atoms. The molecule has 0 saturated carbocycles. The van der Waals surface area contributed by atoms with Crippen LogP contribution in [-0.2, 0) is 6.54 Å². The lowest BCUT2D eigenvalue weighted by Crippen LogP contribution is -2.42. The Hall–Kier alpha value is -1.70. The Morgan fingerprint density at radius 3 is 2.95 bits per heavy atom. The largest absolute Gasteiger partial charge is 0.392 e. The predicted molar refractivity (Wildman–Crippen MR) is 76.0 cm³/mol. The smallest absolute Gasteiger partial charge is 0.293 e. The van der Waals surface area contributed by atoms with E-state index in [0.717, 1.165) is 18.5 Å². The molecule has 1 fully saturated rings. The van der Waals surface area contributed by atoms with Crippen LogP contribution in [0.2, 0.25) is 0 Å². The van der Waals surface area contributed by atoms with Crippen molar-refractivity contribution in [2.45, 2.75) is 26.0 Å². The number of nitrogens with one attached hydrogen (secondary N) is 1.